The largest absolute Gasteiger partial charge is 0.422 e. The highest BCUT2D eigenvalue weighted by Crippen LogP contribution is 2.46. The summed E-state index contributed by atoms with van der Waals surface area (Å²) in [7, 11) is 1.90. The van der Waals surface area contributed by atoms with Crippen molar-refractivity contribution >= 4 is 0 Å². The van der Waals surface area contributed by atoms with Crippen LogP contribution in [0.5, 0.6) is 0 Å². The van der Waals surface area contributed by atoms with Gasteiger partial charge < -0.3 is 14.4 Å². The lowest BCUT2D eigenvalue weighted by Gasteiger charge is -2.40. The second-order valence-corrected chi connectivity index (χ2v) is 9.60. The second-order valence-electron chi connectivity index (χ2n) is 9.60. The van der Waals surface area contributed by atoms with E-state index in [1.807, 2.05) is 19.2 Å². The molecule has 6 nitrogen and oxygen atoms in total. The van der Waals surface area contributed by atoms with E-state index < -0.39 is 17.5 Å². The van der Waals surface area contributed by atoms with E-state index in [1.165, 1.54) is 5.56 Å². The number of rotatable bonds is 6. The molecule has 1 fully saturated rings. The third-order valence-electron chi connectivity index (χ3n) is 7.26. The van der Waals surface area contributed by atoms with Gasteiger partial charge in [0.25, 0.3) is 0 Å². The van der Waals surface area contributed by atoms with Crippen molar-refractivity contribution in [2.24, 2.45) is 5.92 Å². The number of hydrogen-bond acceptors (Lipinski definition) is 6. The molecule has 0 bridgehead atoms. The number of hydrogen-bond donors (Lipinski definition) is 1. The molecule has 0 spiro atoms. The quantitative estimate of drug-likeness (QED) is 0.349. The van der Waals surface area contributed by atoms with Crippen LogP contribution in [0.25, 0.3) is 34.0 Å². The van der Waals surface area contributed by atoms with Gasteiger partial charge in [0.15, 0.2) is 0 Å². The fourth-order valence-electron chi connectivity index (χ4n) is 5.26. The number of likely N-dealkylation sites (tertiary alicyclic amines) is 1. The van der Waals surface area contributed by atoms with Gasteiger partial charge in [-0.15, -0.1) is 0 Å². The molecule has 0 unspecified atom stereocenters. The van der Waals surface area contributed by atoms with Crippen molar-refractivity contribution in [3.05, 3.63) is 83.1 Å². The Morgan fingerprint density at radius 1 is 1.03 bits per heavy atom. The number of nitrogens with zero attached hydrogens (tertiary/aromatic N) is 3. The molecule has 9 heteroatoms. The lowest BCUT2D eigenvalue weighted by atomic mass is 9.87. The van der Waals surface area contributed by atoms with Crippen LogP contribution >= 0.6 is 0 Å². The standard InChI is InChI=1S/C28H25F3N4O2/c1-16(32-2)20-14-35(15-20)13-17-8-10-21-19(12-17)9-11-22-25(21)34-36-26(22)27-23(28(29,30)31)24(33-37-27)18-6-4-3-5-7-18/h3-8,10,12,20,32H,1,9,11,13-15H2,2H3. The van der Waals surface area contributed by atoms with Gasteiger partial charge in [0.05, 0.1) is 0 Å². The summed E-state index contributed by atoms with van der Waals surface area (Å²) in [6.45, 7) is 6.83. The van der Waals surface area contributed by atoms with E-state index in [0.717, 1.165) is 36.5 Å². The fraction of sp³-hybridized carbons (Fsp3) is 0.286. The maximum atomic E-state index is 14.2. The van der Waals surface area contributed by atoms with Crippen LogP contribution in [0.1, 0.15) is 22.3 Å². The zero-order valence-corrected chi connectivity index (χ0v) is 20.2. The Labute approximate surface area is 211 Å². The molecule has 0 saturated carbocycles. The first-order valence-corrected chi connectivity index (χ1v) is 12.2. The Kier molecular flexibility index (Phi) is 5.67. The highest BCUT2D eigenvalue weighted by molar-refractivity contribution is 5.79. The summed E-state index contributed by atoms with van der Waals surface area (Å²) in [5, 5.41) is 11.1. The molecule has 1 aliphatic carbocycles. The monoisotopic (exact) mass is 506 g/mol. The number of aromatic nitrogens is 2. The second kappa shape index (κ2) is 8.92. The molecule has 2 aromatic carbocycles. The summed E-state index contributed by atoms with van der Waals surface area (Å²) >= 11 is 0. The molecule has 1 N–H and O–H groups in total. The van der Waals surface area contributed by atoms with Crippen LogP contribution in [-0.2, 0) is 25.6 Å². The van der Waals surface area contributed by atoms with E-state index in [1.54, 1.807) is 30.3 Å². The minimum atomic E-state index is -4.68. The van der Waals surface area contributed by atoms with E-state index in [4.69, 9.17) is 9.05 Å². The third kappa shape index (κ3) is 4.13. The molecule has 4 aromatic rings. The molecule has 190 valence electrons. The van der Waals surface area contributed by atoms with Crippen molar-refractivity contribution in [2.45, 2.75) is 25.6 Å². The molecule has 1 aliphatic heterocycles. The van der Waals surface area contributed by atoms with Crippen molar-refractivity contribution < 1.29 is 22.2 Å². The normalized spacial score (nSPS) is 15.7. The molecule has 37 heavy (non-hydrogen) atoms. The van der Waals surface area contributed by atoms with E-state index in [-0.39, 0.29) is 11.5 Å². The summed E-state index contributed by atoms with van der Waals surface area (Å²) in [5.41, 5.74) is 4.52. The Balaban J connectivity index is 1.30. The molecular weight excluding hydrogens is 481 g/mol. The van der Waals surface area contributed by atoms with Gasteiger partial charge in [0.1, 0.15) is 17.0 Å². The Morgan fingerprint density at radius 3 is 2.49 bits per heavy atom. The van der Waals surface area contributed by atoms with E-state index in [0.29, 0.717) is 35.6 Å². The van der Waals surface area contributed by atoms with Crippen molar-refractivity contribution in [3.8, 4) is 34.0 Å². The van der Waals surface area contributed by atoms with Crippen LogP contribution in [0.3, 0.4) is 0 Å². The molecule has 1 saturated heterocycles. The lowest BCUT2D eigenvalue weighted by molar-refractivity contribution is -0.136. The molecule has 2 aromatic heterocycles. The fourth-order valence-corrected chi connectivity index (χ4v) is 5.26. The predicted octanol–water partition coefficient (Wildman–Crippen LogP) is 5.95. The van der Waals surface area contributed by atoms with Crippen LogP contribution in [0.4, 0.5) is 13.2 Å². The summed E-state index contributed by atoms with van der Waals surface area (Å²) in [6, 6.07) is 14.4. The van der Waals surface area contributed by atoms with Crippen LogP contribution in [0.2, 0.25) is 0 Å². The van der Waals surface area contributed by atoms with Crippen LogP contribution in [0, 0.1) is 5.92 Å². The van der Waals surface area contributed by atoms with Gasteiger partial charge in [-0.25, -0.2) is 0 Å². The van der Waals surface area contributed by atoms with Gasteiger partial charge in [0.2, 0.25) is 11.5 Å². The van der Waals surface area contributed by atoms with Crippen molar-refractivity contribution in [2.75, 3.05) is 20.1 Å². The van der Waals surface area contributed by atoms with Crippen molar-refractivity contribution in [1.82, 2.24) is 20.5 Å². The van der Waals surface area contributed by atoms with Gasteiger partial charge in [-0.3, -0.25) is 4.90 Å². The van der Waals surface area contributed by atoms with Gasteiger partial charge in [-0.2, -0.15) is 13.2 Å². The van der Waals surface area contributed by atoms with Gasteiger partial charge >= 0.3 is 6.18 Å². The van der Waals surface area contributed by atoms with Crippen LogP contribution in [-0.4, -0.2) is 35.4 Å². The first-order valence-electron chi connectivity index (χ1n) is 12.2. The molecular formula is C28H25F3N4O2. The van der Waals surface area contributed by atoms with Crippen molar-refractivity contribution in [3.63, 3.8) is 0 Å². The maximum absolute atomic E-state index is 14.2. The minimum Gasteiger partial charge on any atom is -0.392 e. The number of alkyl halides is 3. The molecule has 2 aliphatic rings. The van der Waals surface area contributed by atoms with Gasteiger partial charge in [-0.1, -0.05) is 65.4 Å². The average molecular weight is 507 g/mol. The number of fused-ring (bicyclic) bond motifs is 3. The maximum Gasteiger partial charge on any atom is 0.422 e. The van der Waals surface area contributed by atoms with Crippen LogP contribution in [0.15, 0.2) is 69.9 Å². The first kappa shape index (κ1) is 23.5. The third-order valence-corrected chi connectivity index (χ3v) is 7.26. The summed E-state index contributed by atoms with van der Waals surface area (Å²) < 4.78 is 53.3. The zero-order chi connectivity index (χ0) is 25.7. The van der Waals surface area contributed by atoms with E-state index in [2.05, 4.69) is 33.2 Å². The number of halogens is 3. The van der Waals surface area contributed by atoms with E-state index in [9.17, 15) is 13.2 Å². The molecule has 3 heterocycles. The topological polar surface area (TPSA) is 67.3 Å². The average Bonchev–Trinajstić information content (AvgIpc) is 3.50. The lowest BCUT2D eigenvalue weighted by Crippen LogP contribution is -2.48. The van der Waals surface area contributed by atoms with Gasteiger partial charge in [0, 0.05) is 55.0 Å². The Morgan fingerprint density at radius 2 is 1.76 bits per heavy atom. The number of aryl methyl sites for hydroxylation is 1. The summed E-state index contributed by atoms with van der Waals surface area (Å²) in [6.07, 6.45) is -3.52. The zero-order valence-electron chi connectivity index (χ0n) is 20.2. The van der Waals surface area contributed by atoms with Gasteiger partial charge in [-0.05, 0) is 24.0 Å². The van der Waals surface area contributed by atoms with Crippen LogP contribution < -0.4 is 5.32 Å². The summed E-state index contributed by atoms with van der Waals surface area (Å²) in [4.78, 5) is 2.37. The number of benzene rings is 2. The molecule has 0 radical (unpaired) electrons. The molecule has 0 amide bonds. The first-order chi connectivity index (χ1) is 17.8. The summed E-state index contributed by atoms with van der Waals surface area (Å²) in [5.74, 6) is 0.0256. The minimum absolute atomic E-state index is 0.0110. The Hall–Kier alpha value is -3.85. The molecule has 6 rings (SSSR count). The van der Waals surface area contributed by atoms with E-state index >= 15 is 0 Å². The smallest absolute Gasteiger partial charge is 0.392 e. The molecule has 0 atom stereocenters. The predicted molar refractivity (Wildman–Crippen MR) is 132 cm³/mol. The van der Waals surface area contributed by atoms with Crippen molar-refractivity contribution in [1.29, 1.82) is 0 Å². The Bertz CT molecular complexity index is 1470. The SMILES string of the molecule is C=C(NC)C1CN(Cc2ccc3c(c2)CCc2c-3noc2-c2onc(-c3ccccc3)c2C(F)(F)F)C1. The highest BCUT2D eigenvalue weighted by Gasteiger charge is 2.43. The highest BCUT2D eigenvalue weighted by atomic mass is 19.4. The number of nitrogens with one attached hydrogen (secondary N) is 1.